The van der Waals surface area contributed by atoms with E-state index >= 15 is 0 Å². The van der Waals surface area contributed by atoms with Crippen LogP contribution in [0.1, 0.15) is 32.3 Å². The van der Waals surface area contributed by atoms with Gasteiger partial charge in [-0.15, -0.1) is 0 Å². The highest BCUT2D eigenvalue weighted by Gasteiger charge is 1.96. The molecule has 0 aliphatic carbocycles. The van der Waals surface area contributed by atoms with Crippen LogP contribution in [0.4, 0.5) is 0 Å². The summed E-state index contributed by atoms with van der Waals surface area (Å²) < 4.78 is 1.97. The molecule has 0 unspecified atom stereocenters. The molecule has 0 atom stereocenters. The fraction of sp³-hybridized carbons (Fsp3) is 0.700. The van der Waals surface area contributed by atoms with Gasteiger partial charge in [-0.05, 0) is 31.2 Å². The SMILES string of the molecule is Cc1[c]nn(CCCC(C)C)c1. The second kappa shape index (κ2) is 4.29. The Morgan fingerprint density at radius 1 is 1.58 bits per heavy atom. The van der Waals surface area contributed by atoms with Crippen molar-refractivity contribution in [3.8, 4) is 0 Å². The lowest BCUT2D eigenvalue weighted by molar-refractivity contribution is 0.489. The molecular formula is C10H17N2. The first kappa shape index (κ1) is 9.30. The maximum absolute atomic E-state index is 4.10. The van der Waals surface area contributed by atoms with Gasteiger partial charge in [-0.2, -0.15) is 5.10 Å². The third kappa shape index (κ3) is 3.07. The van der Waals surface area contributed by atoms with Gasteiger partial charge in [0.2, 0.25) is 0 Å². The van der Waals surface area contributed by atoms with Crippen molar-refractivity contribution in [1.82, 2.24) is 9.78 Å². The molecule has 0 aromatic carbocycles. The van der Waals surface area contributed by atoms with E-state index < -0.39 is 0 Å². The molecule has 0 aliphatic heterocycles. The van der Waals surface area contributed by atoms with Crippen molar-refractivity contribution in [3.63, 3.8) is 0 Å². The van der Waals surface area contributed by atoms with E-state index in [1.54, 1.807) is 0 Å². The maximum atomic E-state index is 4.10. The second-order valence-electron chi connectivity index (χ2n) is 3.72. The number of aromatic nitrogens is 2. The second-order valence-corrected chi connectivity index (χ2v) is 3.72. The maximum Gasteiger partial charge on any atom is 0.116 e. The summed E-state index contributed by atoms with van der Waals surface area (Å²) in [5.74, 6) is 0.797. The Labute approximate surface area is 74.6 Å². The van der Waals surface area contributed by atoms with E-state index in [1.807, 2.05) is 17.8 Å². The van der Waals surface area contributed by atoms with Crippen LogP contribution >= 0.6 is 0 Å². The number of rotatable bonds is 4. The molecule has 0 aliphatic rings. The Balaban J connectivity index is 2.24. The summed E-state index contributed by atoms with van der Waals surface area (Å²) >= 11 is 0. The van der Waals surface area contributed by atoms with Crippen LogP contribution in [-0.2, 0) is 6.54 Å². The normalized spacial score (nSPS) is 11.0. The Hall–Kier alpha value is -0.790. The van der Waals surface area contributed by atoms with Crippen LogP contribution in [-0.4, -0.2) is 9.78 Å². The standard InChI is InChI=1S/C10H17N2/c1-9(2)5-4-6-12-8-10(3)7-11-12/h8-9H,4-6H2,1-3H3. The fourth-order valence-corrected chi connectivity index (χ4v) is 1.20. The zero-order valence-corrected chi connectivity index (χ0v) is 8.17. The molecule has 1 radical (unpaired) electrons. The third-order valence-electron chi connectivity index (χ3n) is 1.87. The minimum Gasteiger partial charge on any atom is -0.272 e. The van der Waals surface area contributed by atoms with Gasteiger partial charge in [0.15, 0.2) is 0 Å². The number of hydrogen-bond acceptors (Lipinski definition) is 1. The van der Waals surface area contributed by atoms with Crippen LogP contribution in [0.5, 0.6) is 0 Å². The first-order valence-corrected chi connectivity index (χ1v) is 4.60. The molecule has 1 aromatic heterocycles. The number of nitrogens with zero attached hydrogens (tertiary/aromatic N) is 2. The Morgan fingerprint density at radius 3 is 2.83 bits per heavy atom. The highest BCUT2D eigenvalue weighted by atomic mass is 15.3. The van der Waals surface area contributed by atoms with Gasteiger partial charge < -0.3 is 0 Å². The van der Waals surface area contributed by atoms with Crippen molar-refractivity contribution in [2.75, 3.05) is 0 Å². The van der Waals surface area contributed by atoms with Gasteiger partial charge >= 0.3 is 0 Å². The summed E-state index contributed by atoms with van der Waals surface area (Å²) in [6.07, 6.45) is 7.45. The Kier molecular flexibility index (Phi) is 3.32. The minimum absolute atomic E-state index is 0.797. The lowest BCUT2D eigenvalue weighted by atomic mass is 10.1. The summed E-state index contributed by atoms with van der Waals surface area (Å²) in [5.41, 5.74) is 1.12. The van der Waals surface area contributed by atoms with Crippen molar-refractivity contribution in [2.24, 2.45) is 5.92 Å². The molecule has 0 fully saturated rings. The summed E-state index contributed by atoms with van der Waals surface area (Å²) in [7, 11) is 0. The van der Waals surface area contributed by atoms with E-state index in [1.165, 1.54) is 12.8 Å². The van der Waals surface area contributed by atoms with E-state index in [2.05, 4.69) is 25.1 Å². The monoisotopic (exact) mass is 165 g/mol. The minimum atomic E-state index is 0.797. The average Bonchev–Trinajstić information content (AvgIpc) is 2.35. The van der Waals surface area contributed by atoms with Crippen molar-refractivity contribution in [1.29, 1.82) is 0 Å². The molecule has 0 spiro atoms. The number of hydrogen-bond donors (Lipinski definition) is 0. The zero-order chi connectivity index (χ0) is 8.97. The molecule has 0 saturated heterocycles. The van der Waals surface area contributed by atoms with Gasteiger partial charge in [0.1, 0.15) is 6.20 Å². The lowest BCUT2D eigenvalue weighted by Gasteiger charge is -2.03. The molecule has 0 N–H and O–H groups in total. The molecule has 0 saturated carbocycles. The first-order chi connectivity index (χ1) is 5.68. The highest BCUT2D eigenvalue weighted by Crippen LogP contribution is 2.05. The molecule has 1 heterocycles. The molecule has 12 heavy (non-hydrogen) atoms. The van der Waals surface area contributed by atoms with Crippen LogP contribution in [0.2, 0.25) is 0 Å². The Morgan fingerprint density at radius 2 is 2.33 bits per heavy atom. The topological polar surface area (TPSA) is 17.8 Å². The summed E-state index contributed by atoms with van der Waals surface area (Å²) in [6.45, 7) is 7.55. The molecule has 0 amide bonds. The Bertz CT molecular complexity index is 225. The van der Waals surface area contributed by atoms with E-state index in [9.17, 15) is 0 Å². The summed E-state index contributed by atoms with van der Waals surface area (Å²) in [5, 5.41) is 4.10. The van der Waals surface area contributed by atoms with Gasteiger partial charge in [0.25, 0.3) is 0 Å². The molecule has 67 valence electrons. The van der Waals surface area contributed by atoms with Gasteiger partial charge in [0, 0.05) is 12.7 Å². The van der Waals surface area contributed by atoms with Gasteiger partial charge in [-0.3, -0.25) is 4.68 Å². The summed E-state index contributed by atoms with van der Waals surface area (Å²) in [4.78, 5) is 0. The number of aryl methyl sites for hydroxylation is 2. The molecular weight excluding hydrogens is 148 g/mol. The van der Waals surface area contributed by atoms with Crippen molar-refractivity contribution < 1.29 is 0 Å². The predicted molar refractivity (Wildman–Crippen MR) is 49.9 cm³/mol. The molecule has 0 bridgehead atoms. The fourth-order valence-electron chi connectivity index (χ4n) is 1.20. The smallest absolute Gasteiger partial charge is 0.116 e. The van der Waals surface area contributed by atoms with E-state index in [0.29, 0.717) is 0 Å². The zero-order valence-electron chi connectivity index (χ0n) is 8.17. The summed E-state index contributed by atoms with van der Waals surface area (Å²) in [6, 6.07) is 0. The van der Waals surface area contributed by atoms with Gasteiger partial charge in [-0.25, -0.2) is 0 Å². The van der Waals surface area contributed by atoms with Crippen molar-refractivity contribution >= 4 is 0 Å². The quantitative estimate of drug-likeness (QED) is 0.670. The first-order valence-electron chi connectivity index (χ1n) is 4.60. The van der Waals surface area contributed by atoms with E-state index in [0.717, 1.165) is 18.0 Å². The average molecular weight is 165 g/mol. The van der Waals surface area contributed by atoms with Crippen LogP contribution in [0, 0.1) is 19.0 Å². The highest BCUT2D eigenvalue weighted by molar-refractivity contribution is 4.97. The third-order valence-corrected chi connectivity index (χ3v) is 1.87. The van der Waals surface area contributed by atoms with E-state index in [-0.39, 0.29) is 0 Å². The van der Waals surface area contributed by atoms with Crippen molar-refractivity contribution in [2.45, 2.75) is 40.2 Å². The lowest BCUT2D eigenvalue weighted by Crippen LogP contribution is -1.99. The largest absolute Gasteiger partial charge is 0.272 e. The predicted octanol–water partition coefficient (Wildman–Crippen LogP) is 2.43. The molecule has 1 rings (SSSR count). The van der Waals surface area contributed by atoms with Crippen LogP contribution in [0.15, 0.2) is 6.20 Å². The van der Waals surface area contributed by atoms with Gasteiger partial charge in [-0.1, -0.05) is 13.8 Å². The van der Waals surface area contributed by atoms with Crippen LogP contribution < -0.4 is 0 Å². The van der Waals surface area contributed by atoms with Crippen molar-refractivity contribution in [3.05, 3.63) is 18.0 Å². The van der Waals surface area contributed by atoms with Gasteiger partial charge in [0.05, 0.1) is 0 Å². The molecule has 1 aromatic rings. The van der Waals surface area contributed by atoms with Crippen LogP contribution in [0.3, 0.4) is 0 Å². The molecule has 2 nitrogen and oxygen atoms in total. The van der Waals surface area contributed by atoms with E-state index in [4.69, 9.17) is 0 Å². The van der Waals surface area contributed by atoms with Crippen LogP contribution in [0.25, 0.3) is 0 Å². The molecule has 2 heteroatoms.